The van der Waals surface area contributed by atoms with Crippen LogP contribution in [-0.2, 0) is 41.6 Å². The van der Waals surface area contributed by atoms with Crippen molar-refractivity contribution >= 4 is 27.0 Å². The Kier molecular flexibility index (Phi) is 13.4. The summed E-state index contributed by atoms with van der Waals surface area (Å²) in [6, 6.07) is 0. The van der Waals surface area contributed by atoms with Gasteiger partial charge in [-0.15, -0.1) is 0 Å². The van der Waals surface area contributed by atoms with Crippen molar-refractivity contribution in [1.29, 1.82) is 0 Å². The lowest BCUT2D eigenvalue weighted by Crippen LogP contribution is -2.38. The highest BCUT2D eigenvalue weighted by Gasteiger charge is 2.52. The summed E-state index contributed by atoms with van der Waals surface area (Å²) >= 11 is 0. The molecule has 1 saturated heterocycles. The van der Waals surface area contributed by atoms with Crippen LogP contribution < -0.4 is 21.9 Å². The Bertz CT molecular complexity index is 1170. The van der Waals surface area contributed by atoms with Gasteiger partial charge in [0.2, 0.25) is 17.3 Å². The molecular weight excluding hydrogens is 570 g/mol. The zero-order valence-corrected chi connectivity index (χ0v) is 25.3. The minimum absolute atomic E-state index is 0.0333. The van der Waals surface area contributed by atoms with Crippen molar-refractivity contribution in [3.05, 3.63) is 32.6 Å². The van der Waals surface area contributed by atoms with E-state index in [9.17, 15) is 28.3 Å². The summed E-state index contributed by atoms with van der Waals surface area (Å²) in [6.07, 6.45) is 0.718. The standard InChI is InChI=1S/C23H40N4O11P2/c1-6-34-39(32,35-7-2)23(40(33,36-8-3)37-9-4)25-18(28)11-10-14-24-21(30)17-12-13-19(38-17)27-15-16(5)20(29)26-22(27)31/h15,17,19,23H,6-14H2,1-5H3,(H,24,30)(H,25,28)(H,26,29,31)/t17-,19+/m0/s1. The first-order chi connectivity index (χ1) is 18.9. The summed E-state index contributed by atoms with van der Waals surface area (Å²) in [4.78, 5) is 51.3. The summed E-state index contributed by atoms with van der Waals surface area (Å²) in [6.45, 7) is 7.86. The number of aryl methyl sites for hydroxylation is 1. The molecule has 1 fully saturated rings. The van der Waals surface area contributed by atoms with Crippen LogP contribution in [0.25, 0.3) is 0 Å². The predicted octanol–water partition coefficient (Wildman–Crippen LogP) is 2.35. The highest BCUT2D eigenvalue weighted by molar-refractivity contribution is 7.72. The molecule has 2 rings (SSSR count). The number of aromatic nitrogens is 2. The lowest BCUT2D eigenvalue weighted by molar-refractivity contribution is -0.134. The summed E-state index contributed by atoms with van der Waals surface area (Å²) in [7, 11) is -8.30. The van der Waals surface area contributed by atoms with Gasteiger partial charge in [-0.05, 0) is 53.9 Å². The Morgan fingerprint density at radius 2 is 1.57 bits per heavy atom. The van der Waals surface area contributed by atoms with Gasteiger partial charge < -0.3 is 33.5 Å². The van der Waals surface area contributed by atoms with Crippen LogP contribution in [0.5, 0.6) is 0 Å². The van der Waals surface area contributed by atoms with Gasteiger partial charge in [-0.25, -0.2) is 4.79 Å². The van der Waals surface area contributed by atoms with E-state index in [0.29, 0.717) is 18.4 Å². The molecule has 3 N–H and O–H groups in total. The third kappa shape index (κ3) is 8.94. The molecule has 17 heteroatoms. The van der Waals surface area contributed by atoms with Gasteiger partial charge in [0.05, 0.1) is 26.4 Å². The Labute approximate surface area is 232 Å². The van der Waals surface area contributed by atoms with E-state index in [4.69, 9.17) is 22.8 Å². The maximum atomic E-state index is 13.5. The molecule has 2 heterocycles. The molecule has 228 valence electrons. The second kappa shape index (κ2) is 15.8. The minimum atomic E-state index is -4.15. The highest BCUT2D eigenvalue weighted by Crippen LogP contribution is 2.69. The molecule has 0 radical (unpaired) electrons. The molecular formula is C23H40N4O11P2. The second-order valence-electron chi connectivity index (χ2n) is 8.72. The number of amides is 2. The van der Waals surface area contributed by atoms with Gasteiger partial charge in [-0.2, -0.15) is 0 Å². The number of nitrogens with zero attached hydrogens (tertiary/aromatic N) is 1. The molecule has 0 aliphatic carbocycles. The van der Waals surface area contributed by atoms with Crippen LogP contribution in [-0.4, -0.2) is 66.0 Å². The van der Waals surface area contributed by atoms with Gasteiger partial charge in [-0.3, -0.25) is 33.1 Å². The zero-order chi connectivity index (χ0) is 29.9. The van der Waals surface area contributed by atoms with Crippen molar-refractivity contribution in [2.45, 2.75) is 78.2 Å². The number of carbonyl (C=O) groups is 2. The largest absolute Gasteiger partial charge is 0.365 e. The van der Waals surface area contributed by atoms with Gasteiger partial charge in [-0.1, -0.05) is 0 Å². The van der Waals surface area contributed by atoms with E-state index >= 15 is 0 Å². The van der Waals surface area contributed by atoms with Crippen LogP contribution in [0, 0.1) is 6.92 Å². The van der Waals surface area contributed by atoms with E-state index in [1.165, 1.54) is 10.8 Å². The Morgan fingerprint density at radius 1 is 1.02 bits per heavy atom. The molecule has 0 unspecified atom stereocenters. The third-order valence-electron chi connectivity index (χ3n) is 5.75. The number of rotatable bonds is 17. The smallest absolute Gasteiger partial charge is 0.354 e. The number of hydrogen-bond donors (Lipinski definition) is 3. The van der Waals surface area contributed by atoms with Gasteiger partial charge in [0, 0.05) is 24.7 Å². The number of ether oxygens (including phenoxy) is 1. The third-order valence-corrected chi connectivity index (χ3v) is 11.4. The lowest BCUT2D eigenvalue weighted by atomic mass is 10.2. The molecule has 2 atom stereocenters. The van der Waals surface area contributed by atoms with E-state index in [1.54, 1.807) is 34.6 Å². The average molecular weight is 611 g/mol. The normalized spacial score (nSPS) is 17.8. The number of nitrogens with one attached hydrogen (secondary N) is 3. The van der Waals surface area contributed by atoms with Gasteiger partial charge in [0.15, 0.2) is 0 Å². The molecule has 15 nitrogen and oxygen atoms in total. The quantitative estimate of drug-likeness (QED) is 0.173. The Morgan fingerprint density at radius 3 is 2.10 bits per heavy atom. The maximum Gasteiger partial charge on any atom is 0.365 e. The Hall–Kier alpha value is -2.12. The molecule has 0 saturated carbocycles. The summed E-state index contributed by atoms with van der Waals surface area (Å²) in [5.74, 6) is -1.03. The predicted molar refractivity (Wildman–Crippen MR) is 145 cm³/mol. The van der Waals surface area contributed by atoms with Crippen LogP contribution >= 0.6 is 15.2 Å². The van der Waals surface area contributed by atoms with Crippen molar-refractivity contribution in [1.82, 2.24) is 20.2 Å². The van der Waals surface area contributed by atoms with E-state index in [1.807, 2.05) is 0 Å². The fraction of sp³-hybridized carbons (Fsp3) is 0.739. The molecule has 40 heavy (non-hydrogen) atoms. The number of H-pyrrole nitrogens is 1. The molecule has 1 aromatic heterocycles. The van der Waals surface area contributed by atoms with Crippen molar-refractivity contribution in [2.24, 2.45) is 0 Å². The van der Waals surface area contributed by atoms with E-state index in [-0.39, 0.29) is 45.8 Å². The van der Waals surface area contributed by atoms with Crippen LogP contribution in [0.2, 0.25) is 0 Å². The number of hydrogen-bond acceptors (Lipinski definition) is 11. The van der Waals surface area contributed by atoms with Crippen LogP contribution in [0.3, 0.4) is 0 Å². The lowest BCUT2D eigenvalue weighted by Gasteiger charge is -2.31. The molecule has 0 spiro atoms. The number of carbonyl (C=O) groups excluding carboxylic acids is 2. The fourth-order valence-electron chi connectivity index (χ4n) is 4.02. The SMILES string of the molecule is CCOP(=O)(OCC)C(NC(=O)CCCNC(=O)[C@@H]1CC[C@H](n2cc(C)c(=O)[nH]c2=O)O1)P(=O)(OCC)OCC. The first-order valence-electron chi connectivity index (χ1n) is 13.3. The zero-order valence-electron chi connectivity index (χ0n) is 23.5. The second-order valence-corrected chi connectivity index (χ2v) is 13.4. The van der Waals surface area contributed by atoms with E-state index in [2.05, 4.69) is 15.6 Å². The van der Waals surface area contributed by atoms with Gasteiger partial charge in [0.1, 0.15) is 12.3 Å². The summed E-state index contributed by atoms with van der Waals surface area (Å²) < 4.78 is 55.2. The van der Waals surface area contributed by atoms with Crippen molar-refractivity contribution < 1.29 is 41.6 Å². The molecule has 1 aromatic rings. The summed E-state index contributed by atoms with van der Waals surface area (Å²) in [5, 5.41) is 5.14. The summed E-state index contributed by atoms with van der Waals surface area (Å²) in [5.41, 5.74) is -2.44. The Balaban J connectivity index is 1.96. The first kappa shape index (κ1) is 34.1. The van der Waals surface area contributed by atoms with Crippen molar-refractivity contribution in [3.8, 4) is 0 Å². The van der Waals surface area contributed by atoms with Crippen LogP contribution in [0.4, 0.5) is 0 Å². The fourth-order valence-corrected chi connectivity index (χ4v) is 8.96. The van der Waals surface area contributed by atoms with Gasteiger partial charge >= 0.3 is 20.9 Å². The highest BCUT2D eigenvalue weighted by atomic mass is 31.2. The molecule has 1 aliphatic heterocycles. The molecule has 1 aliphatic rings. The van der Waals surface area contributed by atoms with E-state index < -0.39 is 56.1 Å². The van der Waals surface area contributed by atoms with E-state index in [0.717, 1.165) is 0 Å². The maximum absolute atomic E-state index is 13.5. The number of aromatic amines is 1. The van der Waals surface area contributed by atoms with Gasteiger partial charge in [0.25, 0.3) is 5.56 Å². The molecule has 2 amide bonds. The van der Waals surface area contributed by atoms with Crippen molar-refractivity contribution in [3.63, 3.8) is 0 Å². The molecule has 0 aromatic carbocycles. The first-order valence-corrected chi connectivity index (χ1v) is 16.5. The van der Waals surface area contributed by atoms with Crippen molar-refractivity contribution in [2.75, 3.05) is 33.0 Å². The average Bonchev–Trinajstić information content (AvgIpc) is 3.38. The van der Waals surface area contributed by atoms with Crippen LogP contribution in [0.1, 0.15) is 65.2 Å². The minimum Gasteiger partial charge on any atom is -0.354 e. The monoisotopic (exact) mass is 610 g/mol. The molecule has 0 bridgehead atoms. The van der Waals surface area contributed by atoms with Crippen LogP contribution in [0.15, 0.2) is 15.8 Å². The topological polar surface area (TPSA) is 193 Å².